The minimum atomic E-state index is -1.52. The smallest absolute Gasteiger partial charge is 0.326 e. The van der Waals surface area contributed by atoms with Crippen LogP contribution in [0.5, 0.6) is 11.5 Å². The molecular weight excluding hydrogens is 374 g/mol. The fourth-order valence-corrected chi connectivity index (χ4v) is 2.34. The predicted octanol–water partition coefficient (Wildman–Crippen LogP) is -0.00550. The third-order valence-corrected chi connectivity index (χ3v) is 3.69. The molecule has 2 rings (SSSR count). The van der Waals surface area contributed by atoms with Crippen LogP contribution in [-0.2, 0) is 9.59 Å². The quantitative estimate of drug-likeness (QED) is 0.484. The predicted molar refractivity (Wildman–Crippen MR) is 93.8 cm³/mol. The van der Waals surface area contributed by atoms with Gasteiger partial charge in [0.15, 0.2) is 11.4 Å². The Hall–Kier alpha value is -3.89. The first-order valence-corrected chi connectivity index (χ1v) is 7.96. The van der Waals surface area contributed by atoms with Gasteiger partial charge in [0.25, 0.3) is 11.5 Å². The van der Waals surface area contributed by atoms with Crippen molar-refractivity contribution < 1.29 is 34.4 Å². The lowest BCUT2D eigenvalue weighted by atomic mass is 10.1. The number of benzene rings is 1. The summed E-state index contributed by atoms with van der Waals surface area (Å²) in [5, 5.41) is 33.6. The van der Waals surface area contributed by atoms with E-state index in [9.17, 15) is 24.3 Å². The van der Waals surface area contributed by atoms with E-state index in [4.69, 9.17) is 14.9 Å². The summed E-state index contributed by atoms with van der Waals surface area (Å²) in [6, 6.07) is 5.55. The number of carboxylic acid groups (broad SMARTS) is 2. The van der Waals surface area contributed by atoms with Gasteiger partial charge in [0.05, 0.1) is 7.11 Å². The highest BCUT2D eigenvalue weighted by Crippen LogP contribution is 2.21. The largest absolute Gasteiger partial charge is 0.505 e. The average molecular weight is 391 g/mol. The Morgan fingerprint density at radius 3 is 2.54 bits per heavy atom. The van der Waals surface area contributed by atoms with Gasteiger partial charge in [0.1, 0.15) is 17.5 Å². The van der Waals surface area contributed by atoms with Gasteiger partial charge in [-0.05, 0) is 18.6 Å². The normalized spacial score (nSPS) is 11.5. The Morgan fingerprint density at radius 2 is 1.93 bits per heavy atom. The van der Waals surface area contributed by atoms with Gasteiger partial charge in [-0.2, -0.15) is 9.78 Å². The molecule has 0 aliphatic carbocycles. The number of methoxy groups -OCH3 is 1. The van der Waals surface area contributed by atoms with Crippen LogP contribution in [0.4, 0.5) is 0 Å². The van der Waals surface area contributed by atoms with Crippen LogP contribution in [0.15, 0.2) is 35.1 Å². The van der Waals surface area contributed by atoms with E-state index in [1.165, 1.54) is 13.2 Å². The highest BCUT2D eigenvalue weighted by molar-refractivity contribution is 5.97. The zero-order valence-electron chi connectivity index (χ0n) is 14.7. The first-order chi connectivity index (χ1) is 13.2. The van der Waals surface area contributed by atoms with Crippen molar-refractivity contribution in [1.29, 1.82) is 0 Å². The Bertz CT molecular complexity index is 969. The lowest BCUT2D eigenvalue weighted by molar-refractivity contribution is -0.140. The maximum Gasteiger partial charge on any atom is 0.326 e. The number of ether oxygens (including phenoxy) is 1. The molecule has 1 aromatic carbocycles. The third-order valence-electron chi connectivity index (χ3n) is 3.69. The molecule has 1 heterocycles. The van der Waals surface area contributed by atoms with Crippen LogP contribution in [0, 0.1) is 0 Å². The molecule has 2 aromatic rings. The summed E-state index contributed by atoms with van der Waals surface area (Å²) < 4.78 is 5.96. The van der Waals surface area contributed by atoms with Gasteiger partial charge >= 0.3 is 11.9 Å². The topological polar surface area (TPSA) is 168 Å². The fraction of sp³-hybridized carbons (Fsp3) is 0.235. The summed E-state index contributed by atoms with van der Waals surface area (Å²) in [4.78, 5) is 46.4. The first-order valence-electron chi connectivity index (χ1n) is 7.96. The van der Waals surface area contributed by atoms with Crippen LogP contribution >= 0.6 is 0 Å². The fourth-order valence-electron chi connectivity index (χ4n) is 2.34. The van der Waals surface area contributed by atoms with Crippen molar-refractivity contribution in [3.8, 4) is 17.2 Å². The molecule has 0 saturated heterocycles. The molecule has 1 atom stereocenters. The highest BCUT2D eigenvalue weighted by atomic mass is 16.5. The van der Waals surface area contributed by atoms with E-state index in [0.29, 0.717) is 0 Å². The van der Waals surface area contributed by atoms with Crippen LogP contribution in [-0.4, -0.2) is 56.1 Å². The Balaban J connectivity index is 2.40. The molecule has 148 valence electrons. The Labute approximate surface area is 157 Å². The summed E-state index contributed by atoms with van der Waals surface area (Å²) in [7, 11) is 1.37. The average Bonchev–Trinajstić information content (AvgIpc) is 2.64. The Morgan fingerprint density at radius 1 is 1.25 bits per heavy atom. The van der Waals surface area contributed by atoms with Crippen molar-refractivity contribution >= 4 is 17.8 Å². The number of hydrogen-bond acceptors (Lipinski definition) is 7. The van der Waals surface area contributed by atoms with Gasteiger partial charge in [-0.1, -0.05) is 12.1 Å². The van der Waals surface area contributed by atoms with Crippen LogP contribution < -0.4 is 15.6 Å². The minimum Gasteiger partial charge on any atom is -0.505 e. The number of aromatic hydroxyl groups is 1. The standard InChI is InChI=1S/C17H17N3O8/c1-28-12-5-3-2-4-10(12)20-13(22)8-11(21)15(19-20)16(25)18-9(17(26)27)6-7-14(23)24/h2-5,8-9,21H,6-7H2,1H3,(H,18,25)(H,23,24)(H,26,27)/t9-/m0/s1. The SMILES string of the molecule is COc1ccccc1-n1nc(C(=O)N[C@@H](CCC(=O)O)C(=O)O)c(O)cc1=O. The molecule has 0 unspecified atom stereocenters. The third kappa shape index (κ3) is 4.63. The molecule has 0 spiro atoms. The number of carbonyl (C=O) groups excluding carboxylic acids is 1. The second kappa shape index (κ2) is 8.66. The summed E-state index contributed by atoms with van der Waals surface area (Å²) in [5.74, 6) is -4.24. The molecule has 11 nitrogen and oxygen atoms in total. The molecule has 28 heavy (non-hydrogen) atoms. The lowest BCUT2D eigenvalue weighted by Gasteiger charge is -2.15. The van der Waals surface area contributed by atoms with Crippen molar-refractivity contribution in [2.75, 3.05) is 7.11 Å². The minimum absolute atomic E-state index is 0.199. The molecule has 1 aromatic heterocycles. The number of rotatable bonds is 8. The van der Waals surface area contributed by atoms with Gasteiger partial charge in [0.2, 0.25) is 0 Å². The van der Waals surface area contributed by atoms with E-state index in [0.717, 1.165) is 10.7 Å². The van der Waals surface area contributed by atoms with Crippen molar-refractivity contribution in [3.05, 3.63) is 46.4 Å². The van der Waals surface area contributed by atoms with Crippen molar-refractivity contribution in [2.24, 2.45) is 0 Å². The zero-order chi connectivity index (χ0) is 20.8. The second-order valence-corrected chi connectivity index (χ2v) is 5.60. The van der Waals surface area contributed by atoms with Crippen molar-refractivity contribution in [1.82, 2.24) is 15.1 Å². The molecular formula is C17H17N3O8. The Kier molecular flexibility index (Phi) is 6.32. The summed E-state index contributed by atoms with van der Waals surface area (Å²) in [6.45, 7) is 0. The number of nitrogens with zero attached hydrogens (tertiary/aromatic N) is 2. The lowest BCUT2D eigenvalue weighted by Crippen LogP contribution is -2.42. The molecule has 4 N–H and O–H groups in total. The van der Waals surface area contributed by atoms with Gasteiger partial charge < -0.3 is 25.4 Å². The number of amides is 1. The second-order valence-electron chi connectivity index (χ2n) is 5.60. The van der Waals surface area contributed by atoms with Gasteiger partial charge in [0, 0.05) is 12.5 Å². The van der Waals surface area contributed by atoms with E-state index >= 15 is 0 Å². The number of aromatic nitrogens is 2. The summed E-state index contributed by atoms with van der Waals surface area (Å²) in [6.07, 6.45) is -0.860. The molecule has 0 aliphatic rings. The maximum atomic E-state index is 12.4. The summed E-state index contributed by atoms with van der Waals surface area (Å²) >= 11 is 0. The molecule has 0 aliphatic heterocycles. The number of para-hydroxylation sites is 2. The molecule has 11 heteroatoms. The highest BCUT2D eigenvalue weighted by Gasteiger charge is 2.25. The van der Waals surface area contributed by atoms with E-state index in [1.807, 2.05) is 0 Å². The van der Waals surface area contributed by atoms with Crippen LogP contribution in [0.1, 0.15) is 23.3 Å². The number of aliphatic carboxylic acids is 2. The molecule has 0 saturated carbocycles. The number of carbonyl (C=O) groups is 3. The van der Waals surface area contributed by atoms with E-state index in [-0.39, 0.29) is 17.9 Å². The van der Waals surface area contributed by atoms with E-state index in [2.05, 4.69) is 10.4 Å². The van der Waals surface area contributed by atoms with E-state index in [1.54, 1.807) is 18.2 Å². The van der Waals surface area contributed by atoms with Crippen LogP contribution in [0.25, 0.3) is 5.69 Å². The van der Waals surface area contributed by atoms with Crippen LogP contribution in [0.2, 0.25) is 0 Å². The van der Waals surface area contributed by atoms with Gasteiger partial charge in [-0.15, -0.1) is 0 Å². The molecule has 0 bridgehead atoms. The number of carboxylic acids is 2. The maximum absolute atomic E-state index is 12.4. The zero-order valence-corrected chi connectivity index (χ0v) is 14.7. The van der Waals surface area contributed by atoms with Gasteiger partial charge in [-0.3, -0.25) is 14.4 Å². The molecule has 0 radical (unpaired) electrons. The monoisotopic (exact) mass is 391 g/mol. The van der Waals surface area contributed by atoms with Gasteiger partial charge in [-0.25, -0.2) is 4.79 Å². The van der Waals surface area contributed by atoms with Crippen molar-refractivity contribution in [3.63, 3.8) is 0 Å². The first kappa shape index (κ1) is 20.4. The van der Waals surface area contributed by atoms with Crippen LogP contribution in [0.3, 0.4) is 0 Å². The number of hydrogen-bond donors (Lipinski definition) is 4. The number of nitrogens with one attached hydrogen (secondary N) is 1. The van der Waals surface area contributed by atoms with E-state index < -0.39 is 47.3 Å². The molecule has 1 amide bonds. The molecule has 0 fully saturated rings. The summed E-state index contributed by atoms with van der Waals surface area (Å²) in [5.41, 5.74) is -1.16. The van der Waals surface area contributed by atoms with Crippen molar-refractivity contribution in [2.45, 2.75) is 18.9 Å².